The molecule has 2 rings (SSSR count). The van der Waals surface area contributed by atoms with Crippen molar-refractivity contribution in [3.05, 3.63) is 56.7 Å². The van der Waals surface area contributed by atoms with E-state index in [-0.39, 0.29) is 5.69 Å². The minimum atomic E-state index is -0.452. The van der Waals surface area contributed by atoms with Crippen molar-refractivity contribution >= 4 is 27.4 Å². The number of anilines is 1. The monoisotopic (exact) mass is 351 g/mol. The van der Waals surface area contributed by atoms with Gasteiger partial charge in [-0.25, -0.2) is 4.98 Å². The second kappa shape index (κ2) is 7.03. The Morgan fingerprint density at radius 3 is 2.81 bits per heavy atom. The first-order chi connectivity index (χ1) is 10.1. The average Bonchev–Trinajstić information content (AvgIpc) is 2.48. The van der Waals surface area contributed by atoms with Crippen LogP contribution in [-0.2, 0) is 6.61 Å². The van der Waals surface area contributed by atoms with E-state index in [1.54, 1.807) is 12.3 Å². The fourth-order valence-corrected chi connectivity index (χ4v) is 2.03. The van der Waals surface area contributed by atoms with Crippen molar-refractivity contribution in [1.82, 2.24) is 4.98 Å². The highest BCUT2D eigenvalue weighted by atomic mass is 79.9. The first kappa shape index (κ1) is 15.2. The van der Waals surface area contributed by atoms with Gasteiger partial charge in [0.05, 0.1) is 15.5 Å². The SMILES string of the molecule is CCNc1ccc(COc2cc([N+](=O)[O-])ccc2Br)cn1. The third kappa shape index (κ3) is 4.16. The van der Waals surface area contributed by atoms with E-state index in [9.17, 15) is 10.1 Å². The Morgan fingerprint density at radius 2 is 2.19 bits per heavy atom. The van der Waals surface area contributed by atoms with Gasteiger partial charge in [0.1, 0.15) is 18.2 Å². The summed E-state index contributed by atoms with van der Waals surface area (Å²) in [6.45, 7) is 3.10. The fraction of sp³-hybridized carbons (Fsp3) is 0.214. The molecule has 1 N–H and O–H groups in total. The number of hydrogen-bond donors (Lipinski definition) is 1. The van der Waals surface area contributed by atoms with E-state index in [0.29, 0.717) is 16.8 Å². The smallest absolute Gasteiger partial charge is 0.273 e. The van der Waals surface area contributed by atoms with E-state index in [1.165, 1.54) is 12.1 Å². The number of pyridine rings is 1. The molecular formula is C14H14BrN3O3. The second-order valence-electron chi connectivity index (χ2n) is 4.24. The van der Waals surface area contributed by atoms with Crippen LogP contribution in [0.15, 0.2) is 41.0 Å². The lowest BCUT2D eigenvalue weighted by molar-refractivity contribution is -0.385. The van der Waals surface area contributed by atoms with Crippen LogP contribution in [0.25, 0.3) is 0 Å². The number of halogens is 1. The molecule has 0 spiro atoms. The molecule has 0 fully saturated rings. The molecule has 0 saturated carbocycles. The minimum Gasteiger partial charge on any atom is -0.487 e. The summed E-state index contributed by atoms with van der Waals surface area (Å²) in [6, 6.07) is 8.18. The molecular weight excluding hydrogens is 338 g/mol. The molecule has 0 saturated heterocycles. The largest absolute Gasteiger partial charge is 0.487 e. The highest BCUT2D eigenvalue weighted by Crippen LogP contribution is 2.29. The number of benzene rings is 1. The maximum Gasteiger partial charge on any atom is 0.273 e. The lowest BCUT2D eigenvalue weighted by Crippen LogP contribution is -2.01. The van der Waals surface area contributed by atoms with Crippen LogP contribution in [0.4, 0.5) is 11.5 Å². The second-order valence-corrected chi connectivity index (χ2v) is 5.10. The molecule has 0 aliphatic heterocycles. The number of rotatable bonds is 6. The van der Waals surface area contributed by atoms with Gasteiger partial charge in [0, 0.05) is 24.4 Å². The predicted molar refractivity (Wildman–Crippen MR) is 83.5 cm³/mol. The third-order valence-electron chi connectivity index (χ3n) is 2.70. The number of nitrogens with zero attached hydrogens (tertiary/aromatic N) is 2. The Balaban J connectivity index is 2.05. The van der Waals surface area contributed by atoms with Crippen molar-refractivity contribution in [2.45, 2.75) is 13.5 Å². The molecule has 0 aliphatic rings. The van der Waals surface area contributed by atoms with Gasteiger partial charge in [-0.15, -0.1) is 0 Å². The van der Waals surface area contributed by atoms with Crippen molar-refractivity contribution in [3.8, 4) is 5.75 Å². The third-order valence-corrected chi connectivity index (χ3v) is 3.36. The molecule has 2 aromatic rings. The minimum absolute atomic E-state index is 0.00572. The van der Waals surface area contributed by atoms with Gasteiger partial charge < -0.3 is 10.1 Å². The number of aromatic nitrogens is 1. The Labute approximate surface area is 130 Å². The van der Waals surface area contributed by atoms with Crippen LogP contribution < -0.4 is 10.1 Å². The zero-order chi connectivity index (χ0) is 15.2. The molecule has 0 unspecified atom stereocenters. The Hall–Kier alpha value is -2.15. The summed E-state index contributed by atoms with van der Waals surface area (Å²) in [5, 5.41) is 13.9. The van der Waals surface area contributed by atoms with Crippen LogP contribution in [0.3, 0.4) is 0 Å². The maximum atomic E-state index is 10.8. The van der Waals surface area contributed by atoms with E-state index < -0.39 is 4.92 Å². The summed E-state index contributed by atoms with van der Waals surface area (Å²) in [6.07, 6.45) is 1.71. The van der Waals surface area contributed by atoms with Crippen molar-refractivity contribution in [2.24, 2.45) is 0 Å². The summed E-state index contributed by atoms with van der Waals surface area (Å²) < 4.78 is 6.27. The summed E-state index contributed by atoms with van der Waals surface area (Å²) >= 11 is 3.31. The molecule has 110 valence electrons. The molecule has 7 heteroatoms. The van der Waals surface area contributed by atoms with Gasteiger partial charge in [-0.3, -0.25) is 10.1 Å². The fourth-order valence-electron chi connectivity index (χ4n) is 1.67. The number of nitro benzene ring substituents is 1. The Bertz CT molecular complexity index is 632. The molecule has 1 heterocycles. The zero-order valence-electron chi connectivity index (χ0n) is 11.4. The lowest BCUT2D eigenvalue weighted by atomic mass is 10.3. The van der Waals surface area contributed by atoms with Crippen LogP contribution in [-0.4, -0.2) is 16.5 Å². The van der Waals surface area contributed by atoms with Crippen LogP contribution >= 0.6 is 15.9 Å². The number of nitro groups is 1. The van der Waals surface area contributed by atoms with E-state index >= 15 is 0 Å². The van der Waals surface area contributed by atoms with Crippen molar-refractivity contribution in [2.75, 3.05) is 11.9 Å². The number of hydrogen-bond acceptors (Lipinski definition) is 5. The van der Waals surface area contributed by atoms with E-state index in [2.05, 4.69) is 26.2 Å². The first-order valence-electron chi connectivity index (χ1n) is 6.35. The number of non-ortho nitro benzene ring substituents is 1. The normalized spacial score (nSPS) is 10.2. The van der Waals surface area contributed by atoms with Gasteiger partial charge >= 0.3 is 0 Å². The molecule has 6 nitrogen and oxygen atoms in total. The van der Waals surface area contributed by atoms with Crippen molar-refractivity contribution < 1.29 is 9.66 Å². The van der Waals surface area contributed by atoms with Crippen LogP contribution in [0, 0.1) is 10.1 Å². The maximum absolute atomic E-state index is 10.8. The predicted octanol–water partition coefficient (Wildman–Crippen LogP) is 3.76. The van der Waals surface area contributed by atoms with Crippen LogP contribution in [0.1, 0.15) is 12.5 Å². The van der Waals surface area contributed by atoms with Gasteiger partial charge in [0.25, 0.3) is 5.69 Å². The van der Waals surface area contributed by atoms with Gasteiger partial charge in [-0.05, 0) is 35.0 Å². The van der Waals surface area contributed by atoms with Crippen LogP contribution in [0.2, 0.25) is 0 Å². The van der Waals surface area contributed by atoms with Gasteiger partial charge in [-0.2, -0.15) is 0 Å². The zero-order valence-corrected chi connectivity index (χ0v) is 13.0. The number of nitrogens with one attached hydrogen (secondary N) is 1. The highest BCUT2D eigenvalue weighted by Gasteiger charge is 2.10. The van der Waals surface area contributed by atoms with Gasteiger partial charge in [0.2, 0.25) is 0 Å². The van der Waals surface area contributed by atoms with Crippen molar-refractivity contribution in [3.63, 3.8) is 0 Å². The quantitative estimate of drug-likeness (QED) is 0.633. The summed E-state index contributed by atoms with van der Waals surface area (Å²) in [5.41, 5.74) is 0.879. The number of ether oxygens (including phenoxy) is 1. The van der Waals surface area contributed by atoms with Gasteiger partial charge in [0.15, 0.2) is 0 Å². The molecule has 0 aliphatic carbocycles. The summed E-state index contributed by atoms with van der Waals surface area (Å²) in [4.78, 5) is 14.5. The van der Waals surface area contributed by atoms with E-state index in [4.69, 9.17) is 4.74 Å². The van der Waals surface area contributed by atoms with Crippen LogP contribution in [0.5, 0.6) is 5.75 Å². The average molecular weight is 352 g/mol. The standard InChI is InChI=1S/C14H14BrN3O3/c1-2-16-14-6-3-10(8-17-14)9-21-13-7-11(18(19)20)4-5-12(13)15/h3-8H,2,9H2,1H3,(H,16,17). The Morgan fingerprint density at radius 1 is 1.38 bits per heavy atom. The molecule has 1 aromatic heterocycles. The molecule has 0 amide bonds. The Kier molecular flexibility index (Phi) is 5.10. The van der Waals surface area contributed by atoms with Gasteiger partial charge in [-0.1, -0.05) is 6.07 Å². The highest BCUT2D eigenvalue weighted by molar-refractivity contribution is 9.10. The molecule has 0 radical (unpaired) electrons. The summed E-state index contributed by atoms with van der Waals surface area (Å²) in [7, 11) is 0. The first-order valence-corrected chi connectivity index (χ1v) is 7.15. The van der Waals surface area contributed by atoms with Crippen molar-refractivity contribution in [1.29, 1.82) is 0 Å². The molecule has 21 heavy (non-hydrogen) atoms. The molecule has 0 bridgehead atoms. The molecule has 1 aromatic carbocycles. The molecule has 0 atom stereocenters. The topological polar surface area (TPSA) is 77.3 Å². The van der Waals surface area contributed by atoms with E-state index in [0.717, 1.165) is 17.9 Å². The van der Waals surface area contributed by atoms with E-state index in [1.807, 2.05) is 19.1 Å². The lowest BCUT2D eigenvalue weighted by Gasteiger charge is -2.08. The summed E-state index contributed by atoms with van der Waals surface area (Å²) in [5.74, 6) is 1.23.